The van der Waals surface area contributed by atoms with Crippen LogP contribution in [0.25, 0.3) is 0 Å². The van der Waals surface area contributed by atoms with Crippen LogP contribution in [0.4, 0.5) is 0 Å². The number of aliphatic carboxylic acids is 1. The second-order valence-corrected chi connectivity index (χ2v) is 11.2. The number of phenols is 2. The molecule has 0 saturated carbocycles. The van der Waals surface area contributed by atoms with Gasteiger partial charge in [-0.2, -0.15) is 0 Å². The molecule has 4 atom stereocenters. The number of nitrogens with zero attached hydrogens (tertiary/aromatic N) is 2. The number of β-lactam (4-membered cyclic amide) rings is 1. The maximum atomic E-state index is 13.1. The molecule has 1 aromatic carbocycles. The summed E-state index contributed by atoms with van der Waals surface area (Å²) in [5.74, 6) is -4.27. The van der Waals surface area contributed by atoms with Gasteiger partial charge in [0.05, 0.1) is 34.3 Å². The third-order valence-electron chi connectivity index (χ3n) is 6.14. The van der Waals surface area contributed by atoms with E-state index in [1.807, 2.05) is 0 Å². The Morgan fingerprint density at radius 2 is 1.97 bits per heavy atom. The number of phenolic OH excluding ortho intramolecular Hbond substituents is 2. The summed E-state index contributed by atoms with van der Waals surface area (Å²) in [4.78, 5) is 42.3. The molecule has 4 N–H and O–H groups in total. The van der Waals surface area contributed by atoms with E-state index < -0.39 is 66.4 Å². The Morgan fingerprint density at radius 1 is 1.30 bits per heavy atom. The van der Waals surface area contributed by atoms with Crippen LogP contribution in [0.1, 0.15) is 30.1 Å². The van der Waals surface area contributed by atoms with Crippen molar-refractivity contribution >= 4 is 56.5 Å². The van der Waals surface area contributed by atoms with Crippen LogP contribution in [0.2, 0.25) is 10.0 Å². The molecule has 1 aromatic rings. The van der Waals surface area contributed by atoms with Crippen molar-refractivity contribution in [3.63, 3.8) is 0 Å². The van der Waals surface area contributed by atoms with Crippen molar-refractivity contribution in [1.82, 2.24) is 10.2 Å². The van der Waals surface area contributed by atoms with E-state index in [0.717, 1.165) is 11.0 Å². The molecule has 4 rings (SSSR count). The summed E-state index contributed by atoms with van der Waals surface area (Å²) in [6, 6.07) is -0.596. The normalized spacial score (nSPS) is 29.7. The van der Waals surface area contributed by atoms with Gasteiger partial charge in [0.2, 0.25) is 5.91 Å². The number of oxime groups is 1. The molecule has 0 aliphatic carbocycles. The SMILES string of the molecule is C[C@]1(C2=NOC(CNC(=O)c3cc(Cl)c(O)c(O)c3Cl)C2)[C@H](C(=O)O)N2C(=O)C[C@H]2S1(=O)=O. The number of rotatable bonds is 5. The highest BCUT2D eigenvalue weighted by Gasteiger charge is 2.72. The third-order valence-corrected chi connectivity index (χ3v) is 9.56. The minimum absolute atomic E-state index is 0.0697. The molecule has 2 amide bonds. The van der Waals surface area contributed by atoms with Gasteiger partial charge in [0, 0.05) is 6.42 Å². The standard InChI is InChI=1S/C18H17Cl2N3O9S/c1-18(15(17(28)29)23-10(24)4-11(23)33(18,30)31)9-2-6(32-22-9)5-21-16(27)7-3-8(19)13(25)14(26)12(7)20/h3,6,11,15,25-26H,2,4-5H2,1H3,(H,21,27)(H,28,29)/t6?,11-,15+,18+/m1/s1. The Balaban J connectivity index is 1.49. The van der Waals surface area contributed by atoms with Gasteiger partial charge < -0.3 is 30.4 Å². The number of hydrogen-bond acceptors (Lipinski definition) is 9. The van der Waals surface area contributed by atoms with Gasteiger partial charge in [-0.3, -0.25) is 9.59 Å². The molecule has 1 unspecified atom stereocenters. The van der Waals surface area contributed by atoms with E-state index in [1.165, 1.54) is 6.92 Å². The Morgan fingerprint density at radius 3 is 2.58 bits per heavy atom. The lowest BCUT2D eigenvalue weighted by molar-refractivity contribution is -0.156. The highest BCUT2D eigenvalue weighted by Crippen LogP contribution is 2.48. The molecule has 33 heavy (non-hydrogen) atoms. The van der Waals surface area contributed by atoms with Crippen LogP contribution >= 0.6 is 23.2 Å². The molecular weight excluding hydrogens is 505 g/mol. The smallest absolute Gasteiger partial charge is 0.328 e. The number of benzene rings is 1. The first kappa shape index (κ1) is 23.4. The molecule has 2 saturated heterocycles. The zero-order valence-electron chi connectivity index (χ0n) is 16.8. The average molecular weight is 522 g/mol. The first-order valence-corrected chi connectivity index (χ1v) is 11.8. The van der Waals surface area contributed by atoms with Gasteiger partial charge in [0.15, 0.2) is 27.4 Å². The fourth-order valence-electron chi connectivity index (χ4n) is 4.25. The van der Waals surface area contributed by atoms with E-state index in [-0.39, 0.29) is 35.7 Å². The average Bonchev–Trinajstić information content (AvgIpc) is 3.27. The number of aromatic hydroxyl groups is 2. The largest absolute Gasteiger partial charge is 0.503 e. The summed E-state index contributed by atoms with van der Waals surface area (Å²) in [5.41, 5.74) is -0.296. The van der Waals surface area contributed by atoms with Crippen molar-refractivity contribution < 1.29 is 43.0 Å². The third kappa shape index (κ3) is 3.21. The summed E-state index contributed by atoms with van der Waals surface area (Å²) in [7, 11) is -4.11. The van der Waals surface area contributed by atoms with Gasteiger partial charge >= 0.3 is 5.97 Å². The maximum Gasteiger partial charge on any atom is 0.328 e. The number of halogens is 2. The summed E-state index contributed by atoms with van der Waals surface area (Å²) in [6.45, 7) is 1.03. The lowest BCUT2D eigenvalue weighted by atomic mass is 9.89. The molecule has 178 valence electrons. The Bertz CT molecular complexity index is 1240. The highest BCUT2D eigenvalue weighted by molar-refractivity contribution is 7.94. The lowest BCUT2D eigenvalue weighted by Gasteiger charge is -2.35. The predicted octanol–water partition coefficient (Wildman–Crippen LogP) is 0.478. The maximum absolute atomic E-state index is 13.1. The lowest BCUT2D eigenvalue weighted by Crippen LogP contribution is -2.58. The molecule has 3 heterocycles. The number of carboxylic acid groups (broad SMARTS) is 1. The van der Waals surface area contributed by atoms with Gasteiger partial charge in [-0.05, 0) is 13.0 Å². The van der Waals surface area contributed by atoms with E-state index in [1.54, 1.807) is 0 Å². The molecule has 12 nitrogen and oxygen atoms in total. The number of carbonyl (C=O) groups excluding carboxylic acids is 2. The van der Waals surface area contributed by atoms with Crippen LogP contribution < -0.4 is 5.32 Å². The van der Waals surface area contributed by atoms with Crippen LogP contribution in [0.15, 0.2) is 11.2 Å². The van der Waals surface area contributed by atoms with Crippen LogP contribution in [0, 0.1) is 0 Å². The van der Waals surface area contributed by atoms with Crippen LogP contribution in [-0.4, -0.2) is 80.9 Å². The molecule has 0 radical (unpaired) electrons. The van der Waals surface area contributed by atoms with Crippen molar-refractivity contribution in [3.05, 3.63) is 21.7 Å². The van der Waals surface area contributed by atoms with E-state index in [0.29, 0.717) is 0 Å². The topological polar surface area (TPSA) is 183 Å². The van der Waals surface area contributed by atoms with Crippen LogP contribution in [-0.2, 0) is 24.3 Å². The number of carboxylic acids is 1. The van der Waals surface area contributed by atoms with Crippen LogP contribution in [0.5, 0.6) is 11.5 Å². The van der Waals surface area contributed by atoms with E-state index in [9.17, 15) is 38.1 Å². The van der Waals surface area contributed by atoms with Gasteiger partial charge in [0.1, 0.15) is 16.2 Å². The molecule has 0 spiro atoms. The van der Waals surface area contributed by atoms with Crippen molar-refractivity contribution in [2.24, 2.45) is 5.16 Å². The number of amides is 2. The predicted molar refractivity (Wildman–Crippen MR) is 113 cm³/mol. The van der Waals surface area contributed by atoms with Crippen LogP contribution in [0.3, 0.4) is 0 Å². The second kappa shape index (κ2) is 7.64. The minimum Gasteiger partial charge on any atom is -0.503 e. The van der Waals surface area contributed by atoms with E-state index >= 15 is 0 Å². The Labute approximate surface area is 196 Å². The van der Waals surface area contributed by atoms with Gasteiger partial charge in [0.25, 0.3) is 5.91 Å². The zero-order valence-corrected chi connectivity index (χ0v) is 19.1. The van der Waals surface area contributed by atoms with Crippen molar-refractivity contribution in [2.75, 3.05) is 6.54 Å². The number of hydrogen-bond donors (Lipinski definition) is 4. The van der Waals surface area contributed by atoms with Gasteiger partial charge in [-0.1, -0.05) is 28.4 Å². The fraction of sp³-hybridized carbons (Fsp3) is 0.444. The molecule has 3 aliphatic heterocycles. The first-order valence-electron chi connectivity index (χ1n) is 9.51. The summed E-state index contributed by atoms with van der Waals surface area (Å²) in [5, 5.41) is 33.3. The monoisotopic (exact) mass is 521 g/mol. The Hall–Kier alpha value is -2.77. The van der Waals surface area contributed by atoms with Gasteiger partial charge in [-0.15, -0.1) is 0 Å². The fourth-order valence-corrected chi connectivity index (χ4v) is 7.12. The van der Waals surface area contributed by atoms with Crippen molar-refractivity contribution in [2.45, 2.75) is 42.0 Å². The second-order valence-electron chi connectivity index (χ2n) is 7.95. The molecule has 3 aliphatic rings. The van der Waals surface area contributed by atoms with Crippen molar-refractivity contribution in [3.8, 4) is 11.5 Å². The summed E-state index contributed by atoms with van der Waals surface area (Å²) in [6.07, 6.45) is -1.25. The first-order chi connectivity index (χ1) is 15.3. The number of carbonyl (C=O) groups is 3. The number of nitrogens with one attached hydrogen (secondary N) is 1. The highest BCUT2D eigenvalue weighted by atomic mass is 35.5. The molecule has 2 fully saturated rings. The Kier molecular flexibility index (Phi) is 5.41. The quantitative estimate of drug-likeness (QED) is 0.316. The van der Waals surface area contributed by atoms with E-state index in [4.69, 9.17) is 28.0 Å². The molecular formula is C18H17Cl2N3O9S. The van der Waals surface area contributed by atoms with E-state index in [2.05, 4.69) is 10.5 Å². The molecule has 0 bridgehead atoms. The molecule has 0 aromatic heterocycles. The number of sulfone groups is 1. The van der Waals surface area contributed by atoms with Crippen molar-refractivity contribution in [1.29, 1.82) is 0 Å². The number of fused-ring (bicyclic) bond motifs is 1. The minimum atomic E-state index is -4.11. The molecule has 15 heteroatoms. The van der Waals surface area contributed by atoms with Gasteiger partial charge in [-0.25, -0.2) is 13.2 Å². The zero-order chi connectivity index (χ0) is 24.5. The summed E-state index contributed by atoms with van der Waals surface area (Å²) >= 11 is 11.6. The summed E-state index contributed by atoms with van der Waals surface area (Å²) < 4.78 is 24.2.